The number of hydrogen-bond donors (Lipinski definition) is 0. The van der Waals surface area contributed by atoms with E-state index in [-0.39, 0.29) is 3.70 Å². The second-order valence-electron chi connectivity index (χ2n) is 2.29. The first kappa shape index (κ1) is 12.1. The highest BCUT2D eigenvalue weighted by Gasteiger charge is 2.18. The lowest BCUT2D eigenvalue weighted by molar-refractivity contribution is 0.149. The van der Waals surface area contributed by atoms with E-state index in [4.69, 9.17) is 10.7 Å². The first-order chi connectivity index (χ1) is 6.32. The highest BCUT2D eigenvalue weighted by atomic mass is 127. The van der Waals surface area contributed by atoms with Crippen LogP contribution in [0.1, 0.15) is 12.0 Å². The van der Waals surface area contributed by atoms with Gasteiger partial charge in [-0.15, -0.1) is 0 Å². The fourth-order valence-corrected chi connectivity index (χ4v) is 1.96. The molecule has 1 heterocycles. The van der Waals surface area contributed by atoms with Crippen molar-refractivity contribution in [3.8, 4) is 0 Å². The van der Waals surface area contributed by atoms with Gasteiger partial charge in [-0.3, -0.25) is 0 Å². The quantitative estimate of drug-likeness (QED) is 0.466. The minimum atomic E-state index is -4.00. The van der Waals surface area contributed by atoms with Crippen LogP contribution in [0.15, 0.2) is 17.2 Å². The fraction of sp³-hybridized carbons (Fsp3) is 0.167. The van der Waals surface area contributed by atoms with Gasteiger partial charge in [0.1, 0.15) is 8.60 Å². The Kier molecular flexibility index (Phi) is 3.64. The molecule has 0 spiro atoms. The summed E-state index contributed by atoms with van der Waals surface area (Å²) in [5.41, 5.74) is -0.438. The molecule has 0 aliphatic carbocycles. The van der Waals surface area contributed by atoms with Crippen LogP contribution in [-0.4, -0.2) is 13.4 Å². The zero-order chi connectivity index (χ0) is 10.9. The van der Waals surface area contributed by atoms with Crippen LogP contribution in [0.2, 0.25) is 0 Å². The van der Waals surface area contributed by atoms with Crippen molar-refractivity contribution in [3.05, 3.63) is 21.5 Å². The van der Waals surface area contributed by atoms with Crippen molar-refractivity contribution in [2.75, 3.05) is 0 Å². The lowest BCUT2D eigenvalue weighted by Crippen LogP contribution is -1.98. The third-order valence-electron chi connectivity index (χ3n) is 1.36. The van der Waals surface area contributed by atoms with Gasteiger partial charge in [-0.05, 0) is 28.7 Å². The molecule has 0 saturated carbocycles. The van der Waals surface area contributed by atoms with Gasteiger partial charge in [-0.1, -0.05) is 0 Å². The molecule has 14 heavy (non-hydrogen) atoms. The maximum absolute atomic E-state index is 12.3. The molecule has 1 aromatic rings. The summed E-state index contributed by atoms with van der Waals surface area (Å²) in [6.45, 7) is 0. The van der Waals surface area contributed by atoms with Crippen molar-refractivity contribution < 1.29 is 17.2 Å². The van der Waals surface area contributed by atoms with E-state index in [9.17, 15) is 17.2 Å². The lowest BCUT2D eigenvalue weighted by Gasteiger charge is -2.03. The number of rotatable bonds is 2. The molecule has 0 bridgehead atoms. The van der Waals surface area contributed by atoms with E-state index in [1.807, 2.05) is 0 Å². The topological polar surface area (TPSA) is 47.0 Å². The minimum absolute atomic E-state index is 0.0571. The van der Waals surface area contributed by atoms with Crippen LogP contribution in [0.5, 0.6) is 0 Å². The Bertz CT molecular complexity index is 451. The molecule has 1 rings (SSSR count). The summed E-state index contributed by atoms with van der Waals surface area (Å²) in [5, 5.41) is 0. The largest absolute Gasteiger partial charge is 0.266 e. The first-order valence-electron chi connectivity index (χ1n) is 3.20. The third kappa shape index (κ3) is 2.74. The number of pyridine rings is 1. The minimum Gasteiger partial charge on any atom is -0.248 e. The molecule has 0 atom stereocenters. The zero-order valence-electron chi connectivity index (χ0n) is 6.42. The normalized spacial score (nSPS) is 12.1. The second-order valence-corrected chi connectivity index (χ2v) is 5.88. The highest BCUT2D eigenvalue weighted by molar-refractivity contribution is 14.1. The van der Waals surface area contributed by atoms with Gasteiger partial charge in [-0.25, -0.2) is 22.2 Å². The predicted molar refractivity (Wildman–Crippen MR) is 54.9 cm³/mol. The smallest absolute Gasteiger partial charge is 0.248 e. The number of alkyl halides is 2. The molecule has 0 aliphatic rings. The summed E-state index contributed by atoms with van der Waals surface area (Å²) >= 11 is 1.59. The maximum Gasteiger partial charge on any atom is 0.266 e. The molecule has 0 N–H and O–H groups in total. The van der Waals surface area contributed by atoms with Gasteiger partial charge in [0, 0.05) is 16.9 Å². The number of hydrogen-bond acceptors (Lipinski definition) is 3. The molecule has 0 aromatic carbocycles. The van der Waals surface area contributed by atoms with Crippen LogP contribution in [-0.2, 0) is 9.05 Å². The fourth-order valence-electron chi connectivity index (χ4n) is 0.731. The Morgan fingerprint density at radius 2 is 2.07 bits per heavy atom. The average Bonchev–Trinajstić information content (AvgIpc) is 2.02. The van der Waals surface area contributed by atoms with E-state index in [0.717, 1.165) is 12.3 Å². The highest BCUT2D eigenvalue weighted by Crippen LogP contribution is 2.26. The second kappa shape index (κ2) is 4.23. The summed E-state index contributed by atoms with van der Waals surface area (Å²) in [4.78, 5) is 3.09. The lowest BCUT2D eigenvalue weighted by atomic mass is 10.3. The van der Waals surface area contributed by atoms with Crippen LogP contribution in [0, 0.1) is 3.70 Å². The summed E-state index contributed by atoms with van der Waals surface area (Å²) in [5.74, 6) is 0. The molecule has 78 valence electrons. The number of nitrogens with zero attached hydrogens (tertiary/aromatic N) is 1. The van der Waals surface area contributed by atoms with E-state index >= 15 is 0 Å². The number of halogens is 4. The molecule has 8 heteroatoms. The van der Waals surface area contributed by atoms with Crippen molar-refractivity contribution in [3.63, 3.8) is 0 Å². The molecule has 0 amide bonds. The molecular weight excluding hydrogens is 350 g/mol. The molecular formula is C6H3ClF2INO2S. The van der Waals surface area contributed by atoms with E-state index in [2.05, 4.69) is 4.98 Å². The molecule has 3 nitrogen and oxygen atoms in total. The van der Waals surface area contributed by atoms with Gasteiger partial charge >= 0.3 is 0 Å². The Balaban J connectivity index is 3.34. The van der Waals surface area contributed by atoms with Gasteiger partial charge in [0.05, 0.1) is 5.56 Å². The molecule has 0 fully saturated rings. The molecule has 1 aromatic heterocycles. The van der Waals surface area contributed by atoms with Crippen molar-refractivity contribution in [1.82, 2.24) is 4.98 Å². The SMILES string of the molecule is O=S(=O)(Cl)c1cnc(I)c(C(F)F)c1. The van der Waals surface area contributed by atoms with E-state index < -0.39 is 25.9 Å². The summed E-state index contributed by atoms with van der Waals surface area (Å²) in [7, 11) is 0.970. The van der Waals surface area contributed by atoms with Crippen LogP contribution in [0.4, 0.5) is 8.78 Å². The van der Waals surface area contributed by atoms with Gasteiger partial charge in [0.15, 0.2) is 0 Å². The molecule has 0 unspecified atom stereocenters. The summed E-state index contributed by atoms with van der Waals surface area (Å²) < 4.78 is 46.3. The van der Waals surface area contributed by atoms with Crippen LogP contribution in [0.25, 0.3) is 0 Å². The van der Waals surface area contributed by atoms with E-state index in [0.29, 0.717) is 0 Å². The van der Waals surface area contributed by atoms with Crippen molar-refractivity contribution in [2.24, 2.45) is 0 Å². The molecule has 0 radical (unpaired) electrons. The van der Waals surface area contributed by atoms with Crippen LogP contribution >= 0.6 is 33.3 Å². The Morgan fingerprint density at radius 1 is 1.50 bits per heavy atom. The first-order valence-corrected chi connectivity index (χ1v) is 6.59. The average molecular weight is 354 g/mol. The molecule has 0 aliphatic heterocycles. The Morgan fingerprint density at radius 3 is 2.50 bits per heavy atom. The van der Waals surface area contributed by atoms with Crippen molar-refractivity contribution in [1.29, 1.82) is 0 Å². The molecule has 0 saturated heterocycles. The third-order valence-corrected chi connectivity index (χ3v) is 3.58. The van der Waals surface area contributed by atoms with Gasteiger partial charge in [0.25, 0.3) is 15.5 Å². The number of aromatic nitrogens is 1. The van der Waals surface area contributed by atoms with Crippen molar-refractivity contribution in [2.45, 2.75) is 11.3 Å². The van der Waals surface area contributed by atoms with Gasteiger partial charge in [-0.2, -0.15) is 0 Å². The van der Waals surface area contributed by atoms with Crippen LogP contribution < -0.4 is 0 Å². The summed E-state index contributed by atoms with van der Waals surface area (Å²) in [6.07, 6.45) is -1.83. The Labute approximate surface area is 97.0 Å². The monoisotopic (exact) mass is 353 g/mol. The summed E-state index contributed by atoms with van der Waals surface area (Å²) in [6, 6.07) is 0.821. The maximum atomic E-state index is 12.3. The van der Waals surface area contributed by atoms with Gasteiger partial charge in [0.2, 0.25) is 0 Å². The van der Waals surface area contributed by atoms with Crippen molar-refractivity contribution >= 4 is 42.3 Å². The van der Waals surface area contributed by atoms with Crippen LogP contribution in [0.3, 0.4) is 0 Å². The van der Waals surface area contributed by atoms with E-state index in [1.54, 1.807) is 22.6 Å². The van der Waals surface area contributed by atoms with E-state index in [1.165, 1.54) is 0 Å². The van der Waals surface area contributed by atoms with Gasteiger partial charge < -0.3 is 0 Å². The predicted octanol–water partition coefficient (Wildman–Crippen LogP) is 2.55. The Hall–Kier alpha value is -0.0200. The zero-order valence-corrected chi connectivity index (χ0v) is 10.1. The standard InChI is InChI=1S/C6H3ClF2INO2S/c7-14(12,13)3-1-4(5(8)9)6(10)11-2-3/h1-2,5H.